The molecule has 2 rings (SSSR count). The highest BCUT2D eigenvalue weighted by Gasteiger charge is 2.14. The van der Waals surface area contributed by atoms with E-state index in [1.165, 1.54) is 25.3 Å². The van der Waals surface area contributed by atoms with Crippen LogP contribution in [0.3, 0.4) is 0 Å². The van der Waals surface area contributed by atoms with Gasteiger partial charge in [-0.2, -0.15) is 8.78 Å². The number of nitrogens with one attached hydrogen (secondary N) is 1. The second kappa shape index (κ2) is 12.3. The van der Waals surface area contributed by atoms with Gasteiger partial charge in [-0.1, -0.05) is 42.0 Å². The number of amides is 1. The molecule has 0 unspecified atom stereocenters. The van der Waals surface area contributed by atoms with Crippen molar-refractivity contribution in [1.82, 2.24) is 5.32 Å². The number of methoxy groups -OCH3 is 1. The van der Waals surface area contributed by atoms with Crippen LogP contribution in [0, 0.1) is 6.92 Å². The third kappa shape index (κ3) is 8.46. The molecule has 0 aliphatic heterocycles. The van der Waals surface area contributed by atoms with Crippen molar-refractivity contribution >= 4 is 18.0 Å². The van der Waals surface area contributed by atoms with E-state index in [4.69, 9.17) is 9.47 Å². The fraction of sp³-hybridized carbons (Fsp3) is 0.304. The molecule has 0 saturated heterocycles. The third-order valence-electron chi connectivity index (χ3n) is 4.27. The minimum atomic E-state index is -3.04. The highest BCUT2D eigenvalue weighted by molar-refractivity contribution is 5.88. The predicted molar refractivity (Wildman–Crippen MR) is 112 cm³/mol. The van der Waals surface area contributed by atoms with E-state index in [0.717, 1.165) is 17.2 Å². The van der Waals surface area contributed by atoms with E-state index >= 15 is 0 Å². The maximum absolute atomic E-state index is 12.6. The van der Waals surface area contributed by atoms with Crippen LogP contribution in [0.15, 0.2) is 48.5 Å². The van der Waals surface area contributed by atoms with Gasteiger partial charge < -0.3 is 19.5 Å². The van der Waals surface area contributed by atoms with Crippen molar-refractivity contribution in [2.24, 2.45) is 0 Å². The van der Waals surface area contributed by atoms with E-state index in [2.05, 4.69) is 10.1 Å². The van der Waals surface area contributed by atoms with Crippen molar-refractivity contribution in [3.63, 3.8) is 0 Å². The molecule has 8 heteroatoms. The first-order valence-electron chi connectivity index (χ1n) is 9.68. The van der Waals surface area contributed by atoms with Crippen molar-refractivity contribution < 1.29 is 32.6 Å². The standard InChI is InChI=1S/C23H25F2NO5/c1-16-6-8-17(9-7-16)10-12-20(27)26-14-15-30-21(28)13-11-18-4-3-5-19(29-2)22(18)31-23(24)25/h3-9,11,13,23H,10,12,14-15H2,1-2H3,(H,26,27)/b13-11+. The van der Waals surface area contributed by atoms with Gasteiger partial charge >= 0.3 is 12.6 Å². The lowest BCUT2D eigenvalue weighted by Gasteiger charge is -2.12. The second-order valence-electron chi connectivity index (χ2n) is 6.59. The minimum absolute atomic E-state index is 0.0159. The van der Waals surface area contributed by atoms with Gasteiger partial charge in [0.1, 0.15) is 6.61 Å². The van der Waals surface area contributed by atoms with Crippen molar-refractivity contribution in [1.29, 1.82) is 0 Å². The fourth-order valence-electron chi connectivity index (χ4n) is 2.69. The zero-order chi connectivity index (χ0) is 22.6. The van der Waals surface area contributed by atoms with Crippen LogP contribution in [-0.4, -0.2) is 38.7 Å². The van der Waals surface area contributed by atoms with Crippen molar-refractivity contribution in [3.05, 3.63) is 65.2 Å². The first-order valence-corrected chi connectivity index (χ1v) is 9.68. The second-order valence-corrected chi connectivity index (χ2v) is 6.59. The smallest absolute Gasteiger partial charge is 0.387 e. The summed E-state index contributed by atoms with van der Waals surface area (Å²) >= 11 is 0. The number of benzene rings is 2. The van der Waals surface area contributed by atoms with E-state index in [1.807, 2.05) is 31.2 Å². The molecule has 6 nitrogen and oxygen atoms in total. The van der Waals surface area contributed by atoms with Gasteiger partial charge in [0.2, 0.25) is 5.91 Å². The van der Waals surface area contributed by atoms with Crippen LogP contribution in [0.4, 0.5) is 8.78 Å². The number of esters is 1. The summed E-state index contributed by atoms with van der Waals surface area (Å²) in [6, 6.07) is 12.5. The van der Waals surface area contributed by atoms with Gasteiger partial charge in [-0.25, -0.2) is 4.79 Å². The maximum atomic E-state index is 12.6. The van der Waals surface area contributed by atoms with Crippen molar-refractivity contribution in [2.75, 3.05) is 20.3 Å². The van der Waals surface area contributed by atoms with Crippen LogP contribution < -0.4 is 14.8 Å². The Morgan fingerprint density at radius 2 is 1.87 bits per heavy atom. The Morgan fingerprint density at radius 1 is 1.13 bits per heavy atom. The number of hydrogen-bond acceptors (Lipinski definition) is 5. The first kappa shape index (κ1) is 23.9. The molecule has 2 aromatic carbocycles. The molecular formula is C23H25F2NO5. The summed E-state index contributed by atoms with van der Waals surface area (Å²) in [6.45, 7) is -0.881. The fourth-order valence-corrected chi connectivity index (χ4v) is 2.69. The summed E-state index contributed by atoms with van der Waals surface area (Å²) in [5.74, 6) is -0.883. The molecule has 2 aromatic rings. The molecule has 0 saturated carbocycles. The highest BCUT2D eigenvalue weighted by Crippen LogP contribution is 2.33. The van der Waals surface area contributed by atoms with Crippen molar-refractivity contribution in [2.45, 2.75) is 26.4 Å². The number of ether oxygens (including phenoxy) is 3. The normalized spacial score (nSPS) is 10.9. The molecule has 0 atom stereocenters. The number of carbonyl (C=O) groups is 2. The molecule has 0 spiro atoms. The molecule has 31 heavy (non-hydrogen) atoms. The molecule has 0 aliphatic carbocycles. The monoisotopic (exact) mass is 433 g/mol. The maximum Gasteiger partial charge on any atom is 0.387 e. The molecule has 0 fully saturated rings. The third-order valence-corrected chi connectivity index (χ3v) is 4.27. The zero-order valence-corrected chi connectivity index (χ0v) is 17.4. The number of alkyl halides is 2. The quantitative estimate of drug-likeness (QED) is 0.330. The summed E-state index contributed by atoms with van der Waals surface area (Å²) in [5, 5.41) is 2.68. The van der Waals surface area contributed by atoms with Gasteiger partial charge in [-0.05, 0) is 31.1 Å². The number of carbonyl (C=O) groups excluding carboxylic acids is 2. The van der Waals surface area contributed by atoms with Crippen LogP contribution in [0.5, 0.6) is 11.5 Å². The molecule has 1 amide bonds. The van der Waals surface area contributed by atoms with E-state index in [0.29, 0.717) is 12.8 Å². The van der Waals surface area contributed by atoms with Gasteiger partial charge in [-0.15, -0.1) is 0 Å². The average molecular weight is 433 g/mol. The van der Waals surface area contributed by atoms with Crippen molar-refractivity contribution in [3.8, 4) is 11.5 Å². The van der Waals surface area contributed by atoms with E-state index in [-0.39, 0.29) is 36.1 Å². The van der Waals surface area contributed by atoms with E-state index in [9.17, 15) is 18.4 Å². The Morgan fingerprint density at radius 3 is 2.55 bits per heavy atom. The Kier molecular flexibility index (Phi) is 9.48. The summed E-state index contributed by atoms with van der Waals surface area (Å²) in [6.07, 6.45) is 3.34. The Labute approximate surface area is 179 Å². The van der Waals surface area contributed by atoms with Crippen LogP contribution in [-0.2, 0) is 20.7 Å². The predicted octanol–water partition coefficient (Wildman–Crippen LogP) is 3.91. The van der Waals surface area contributed by atoms with Gasteiger partial charge in [0.15, 0.2) is 11.5 Å². The van der Waals surface area contributed by atoms with E-state index in [1.54, 1.807) is 6.07 Å². The average Bonchev–Trinajstić information content (AvgIpc) is 2.75. The van der Waals surface area contributed by atoms with Gasteiger partial charge in [0.25, 0.3) is 0 Å². The number of para-hydroxylation sites is 1. The lowest BCUT2D eigenvalue weighted by atomic mass is 10.1. The zero-order valence-electron chi connectivity index (χ0n) is 17.4. The van der Waals surface area contributed by atoms with Gasteiger partial charge in [0, 0.05) is 18.1 Å². The summed E-state index contributed by atoms with van der Waals surface area (Å²) in [4.78, 5) is 23.7. The molecule has 166 valence electrons. The topological polar surface area (TPSA) is 73.9 Å². The number of rotatable bonds is 11. The largest absolute Gasteiger partial charge is 0.493 e. The molecule has 0 bridgehead atoms. The molecule has 0 heterocycles. The Bertz CT molecular complexity index is 897. The molecular weight excluding hydrogens is 408 g/mol. The highest BCUT2D eigenvalue weighted by atomic mass is 19.3. The van der Waals surface area contributed by atoms with E-state index < -0.39 is 12.6 Å². The Hall–Kier alpha value is -3.42. The lowest BCUT2D eigenvalue weighted by molar-refractivity contribution is -0.138. The molecule has 0 radical (unpaired) electrons. The van der Waals surface area contributed by atoms with Gasteiger partial charge in [-0.3, -0.25) is 4.79 Å². The van der Waals surface area contributed by atoms with Crippen LogP contribution >= 0.6 is 0 Å². The van der Waals surface area contributed by atoms with Crippen LogP contribution in [0.2, 0.25) is 0 Å². The number of aryl methyl sites for hydroxylation is 2. The van der Waals surface area contributed by atoms with Crippen LogP contribution in [0.25, 0.3) is 6.08 Å². The molecule has 0 aliphatic rings. The molecule has 0 aromatic heterocycles. The molecule has 1 N–H and O–H groups in total. The number of hydrogen-bond donors (Lipinski definition) is 1. The van der Waals surface area contributed by atoms with Crippen LogP contribution in [0.1, 0.15) is 23.1 Å². The van der Waals surface area contributed by atoms with Gasteiger partial charge in [0.05, 0.1) is 13.7 Å². The summed E-state index contributed by atoms with van der Waals surface area (Å²) < 4.78 is 39.7. The first-order chi connectivity index (χ1) is 14.9. The summed E-state index contributed by atoms with van der Waals surface area (Å²) in [7, 11) is 1.32. The Balaban J connectivity index is 1.75. The lowest BCUT2D eigenvalue weighted by Crippen LogP contribution is -2.28. The SMILES string of the molecule is COc1cccc(/C=C/C(=O)OCCNC(=O)CCc2ccc(C)cc2)c1OC(F)F. The number of halogens is 2. The summed E-state index contributed by atoms with van der Waals surface area (Å²) in [5.41, 5.74) is 2.47. The minimum Gasteiger partial charge on any atom is -0.493 e.